The molecule has 0 aliphatic carbocycles. The Morgan fingerprint density at radius 3 is 2.11 bits per heavy atom. The van der Waals surface area contributed by atoms with Gasteiger partial charge < -0.3 is 14.0 Å². The third kappa shape index (κ3) is 4.80. The summed E-state index contributed by atoms with van der Waals surface area (Å²) >= 11 is 0. The van der Waals surface area contributed by atoms with Crippen molar-refractivity contribution in [2.45, 2.75) is 91.3 Å². The van der Waals surface area contributed by atoms with Gasteiger partial charge in [-0.05, 0) is 70.3 Å². The zero-order valence-corrected chi connectivity index (χ0v) is 18.9. The maximum Gasteiger partial charge on any atom is 0.494 e. The molecule has 5 heteroatoms. The fraction of sp³-hybridized carbons (Fsp3) is 0.696. The van der Waals surface area contributed by atoms with Crippen molar-refractivity contribution in [3.05, 3.63) is 29.8 Å². The topological polar surface area (TPSA) is 44.8 Å². The van der Waals surface area contributed by atoms with E-state index in [1.54, 1.807) is 0 Å². The van der Waals surface area contributed by atoms with Crippen molar-refractivity contribution >= 4 is 18.6 Å². The third-order valence-corrected chi connectivity index (χ3v) is 6.73. The molecule has 2 atom stereocenters. The summed E-state index contributed by atoms with van der Waals surface area (Å²) in [7, 11) is -0.337. The smallest absolute Gasteiger partial charge is 0.466 e. The quantitative estimate of drug-likeness (QED) is 0.481. The number of rotatable bonds is 8. The SMILES string of the molecule is CCOC(=O)C(C)CCC(C)(CC)c1ccc(B2OC(C)(C)C(C)(C)O2)cc1. The molecule has 0 spiro atoms. The molecule has 1 fully saturated rings. The number of carbonyl (C=O) groups is 1. The fourth-order valence-electron chi connectivity index (χ4n) is 3.48. The zero-order chi connectivity index (χ0) is 21.2. The summed E-state index contributed by atoms with van der Waals surface area (Å²) in [4.78, 5) is 11.9. The lowest BCUT2D eigenvalue weighted by Gasteiger charge is -2.32. The van der Waals surface area contributed by atoms with Gasteiger partial charge in [-0.3, -0.25) is 4.79 Å². The molecule has 0 bridgehead atoms. The van der Waals surface area contributed by atoms with E-state index in [-0.39, 0.29) is 35.6 Å². The van der Waals surface area contributed by atoms with Gasteiger partial charge in [0, 0.05) is 0 Å². The van der Waals surface area contributed by atoms with E-state index in [1.807, 2.05) is 13.8 Å². The standard InChI is InChI=1S/C23H37BO4/c1-9-23(8,16-15-17(3)20(25)26-10-2)18-11-13-19(14-12-18)24-27-21(4,5)22(6,7)28-24/h11-14,17H,9-10,15-16H2,1-8H3. The largest absolute Gasteiger partial charge is 0.494 e. The number of benzene rings is 1. The van der Waals surface area contributed by atoms with Gasteiger partial charge in [-0.1, -0.05) is 45.0 Å². The van der Waals surface area contributed by atoms with E-state index in [9.17, 15) is 4.79 Å². The fourth-order valence-corrected chi connectivity index (χ4v) is 3.48. The van der Waals surface area contributed by atoms with Crippen LogP contribution in [0.2, 0.25) is 0 Å². The minimum absolute atomic E-state index is 0.0230. The predicted octanol–water partition coefficient (Wildman–Crippen LogP) is 4.63. The highest BCUT2D eigenvalue weighted by Gasteiger charge is 2.51. The van der Waals surface area contributed by atoms with Crippen LogP contribution in [0.5, 0.6) is 0 Å². The molecule has 1 aromatic rings. The van der Waals surface area contributed by atoms with Crippen LogP contribution in [-0.4, -0.2) is 30.9 Å². The second kappa shape index (κ2) is 8.58. The zero-order valence-electron chi connectivity index (χ0n) is 18.9. The van der Waals surface area contributed by atoms with Crippen LogP contribution in [0.3, 0.4) is 0 Å². The number of hydrogen-bond acceptors (Lipinski definition) is 4. The van der Waals surface area contributed by atoms with Crippen molar-refractivity contribution < 1.29 is 18.8 Å². The van der Waals surface area contributed by atoms with E-state index in [0.717, 1.165) is 24.7 Å². The molecule has 1 heterocycles. The second-order valence-electron chi connectivity index (χ2n) is 9.32. The average molecular weight is 388 g/mol. The molecule has 1 saturated heterocycles. The highest BCUT2D eigenvalue weighted by Crippen LogP contribution is 2.37. The number of hydrogen-bond donors (Lipinski definition) is 0. The number of ether oxygens (including phenoxy) is 1. The summed E-state index contributed by atoms with van der Waals surface area (Å²) in [6.45, 7) is 17.0. The van der Waals surface area contributed by atoms with Crippen LogP contribution in [0.25, 0.3) is 0 Å². The van der Waals surface area contributed by atoms with Gasteiger partial charge in [-0.2, -0.15) is 0 Å². The van der Waals surface area contributed by atoms with Gasteiger partial charge in [-0.25, -0.2) is 0 Å². The lowest BCUT2D eigenvalue weighted by molar-refractivity contribution is -0.147. The molecule has 1 aliphatic rings. The van der Waals surface area contributed by atoms with E-state index in [1.165, 1.54) is 5.56 Å². The molecule has 2 unspecified atom stereocenters. The molecular weight excluding hydrogens is 351 g/mol. The summed E-state index contributed by atoms with van der Waals surface area (Å²) < 4.78 is 17.5. The Morgan fingerprint density at radius 2 is 1.64 bits per heavy atom. The van der Waals surface area contributed by atoms with Crippen molar-refractivity contribution in [3.63, 3.8) is 0 Å². The first kappa shape index (κ1) is 23.0. The first-order valence-corrected chi connectivity index (χ1v) is 10.6. The van der Waals surface area contributed by atoms with Gasteiger partial charge in [0.1, 0.15) is 0 Å². The van der Waals surface area contributed by atoms with Crippen molar-refractivity contribution in [2.75, 3.05) is 6.61 Å². The molecule has 0 amide bonds. The Labute approximate surface area is 171 Å². The molecule has 0 N–H and O–H groups in total. The van der Waals surface area contributed by atoms with Crippen LogP contribution >= 0.6 is 0 Å². The Morgan fingerprint density at radius 1 is 1.11 bits per heavy atom. The molecule has 0 radical (unpaired) electrons. The van der Waals surface area contributed by atoms with Crippen LogP contribution < -0.4 is 5.46 Å². The van der Waals surface area contributed by atoms with Gasteiger partial charge >= 0.3 is 13.1 Å². The summed E-state index contributed by atoms with van der Waals surface area (Å²) in [5.74, 6) is -0.174. The van der Waals surface area contributed by atoms with Crippen LogP contribution in [0.15, 0.2) is 24.3 Å². The maximum absolute atomic E-state index is 11.9. The van der Waals surface area contributed by atoms with Gasteiger partial charge in [0.2, 0.25) is 0 Å². The molecule has 2 rings (SSSR count). The molecule has 156 valence electrons. The van der Waals surface area contributed by atoms with Gasteiger partial charge in [0.15, 0.2) is 0 Å². The average Bonchev–Trinajstić information content (AvgIpc) is 2.87. The highest BCUT2D eigenvalue weighted by molar-refractivity contribution is 6.62. The van der Waals surface area contributed by atoms with Crippen LogP contribution in [0, 0.1) is 5.92 Å². The Kier molecular flexibility index (Phi) is 7.04. The molecule has 1 aromatic carbocycles. The monoisotopic (exact) mass is 388 g/mol. The van der Waals surface area contributed by atoms with Crippen molar-refractivity contribution in [3.8, 4) is 0 Å². The van der Waals surface area contributed by atoms with Gasteiger partial charge in [0.25, 0.3) is 0 Å². The summed E-state index contributed by atoms with van der Waals surface area (Å²) in [5, 5.41) is 0. The minimum atomic E-state index is -0.337. The number of carbonyl (C=O) groups excluding carboxylic acids is 1. The molecule has 28 heavy (non-hydrogen) atoms. The van der Waals surface area contributed by atoms with E-state index in [4.69, 9.17) is 14.0 Å². The molecule has 0 saturated carbocycles. The molecule has 4 nitrogen and oxygen atoms in total. The summed E-state index contributed by atoms with van der Waals surface area (Å²) in [6.07, 6.45) is 2.78. The van der Waals surface area contributed by atoms with Crippen molar-refractivity contribution in [1.82, 2.24) is 0 Å². The first-order valence-electron chi connectivity index (χ1n) is 10.6. The molecule has 0 aromatic heterocycles. The highest BCUT2D eigenvalue weighted by atomic mass is 16.7. The molecular formula is C23H37BO4. The van der Waals surface area contributed by atoms with E-state index >= 15 is 0 Å². The van der Waals surface area contributed by atoms with Crippen LogP contribution in [0.1, 0.15) is 80.2 Å². The lowest BCUT2D eigenvalue weighted by atomic mass is 9.72. The predicted molar refractivity (Wildman–Crippen MR) is 115 cm³/mol. The molecule has 1 aliphatic heterocycles. The van der Waals surface area contributed by atoms with E-state index < -0.39 is 0 Å². The Balaban J connectivity index is 2.09. The van der Waals surface area contributed by atoms with Crippen molar-refractivity contribution in [1.29, 1.82) is 0 Å². The first-order chi connectivity index (χ1) is 13.0. The van der Waals surface area contributed by atoms with Crippen LogP contribution in [0.4, 0.5) is 0 Å². The van der Waals surface area contributed by atoms with E-state index in [2.05, 4.69) is 65.8 Å². The maximum atomic E-state index is 11.9. The Hall–Kier alpha value is -1.33. The van der Waals surface area contributed by atoms with Crippen molar-refractivity contribution in [2.24, 2.45) is 5.92 Å². The third-order valence-electron chi connectivity index (χ3n) is 6.73. The Bertz CT molecular complexity index is 652. The van der Waals surface area contributed by atoms with Crippen LogP contribution in [-0.2, 0) is 24.3 Å². The summed E-state index contributed by atoms with van der Waals surface area (Å²) in [5.41, 5.74) is 1.68. The van der Waals surface area contributed by atoms with Gasteiger partial charge in [0.05, 0.1) is 23.7 Å². The minimum Gasteiger partial charge on any atom is -0.466 e. The van der Waals surface area contributed by atoms with E-state index in [0.29, 0.717) is 6.61 Å². The normalized spacial score (nSPS) is 21.2. The summed E-state index contributed by atoms with van der Waals surface area (Å²) in [6, 6.07) is 8.58. The second-order valence-corrected chi connectivity index (χ2v) is 9.32. The number of esters is 1. The van der Waals surface area contributed by atoms with Gasteiger partial charge in [-0.15, -0.1) is 0 Å². The lowest BCUT2D eigenvalue weighted by Crippen LogP contribution is -2.41.